The van der Waals surface area contributed by atoms with E-state index in [1.54, 1.807) is 0 Å². The number of fused-ring (bicyclic) bond motifs is 1. The van der Waals surface area contributed by atoms with E-state index in [1.807, 2.05) is 48.2 Å². The van der Waals surface area contributed by atoms with Crippen molar-refractivity contribution in [2.75, 3.05) is 11.9 Å². The summed E-state index contributed by atoms with van der Waals surface area (Å²) in [6, 6.07) is 9.85. The van der Waals surface area contributed by atoms with Crippen molar-refractivity contribution in [1.82, 2.24) is 9.55 Å². The van der Waals surface area contributed by atoms with Crippen LogP contribution in [0.4, 0.5) is 5.13 Å². The minimum atomic E-state index is -0.145. The van der Waals surface area contributed by atoms with Crippen LogP contribution in [-0.4, -0.2) is 22.1 Å². The predicted molar refractivity (Wildman–Crippen MR) is 94.9 cm³/mol. The smallest absolute Gasteiger partial charge is 0.274 e. The normalized spacial score (nSPS) is 12.8. The van der Waals surface area contributed by atoms with Gasteiger partial charge in [0.25, 0.3) is 5.91 Å². The van der Waals surface area contributed by atoms with Crippen LogP contribution in [-0.2, 0) is 13.5 Å². The molecule has 0 atom stereocenters. The molecule has 4 rings (SSSR count). The summed E-state index contributed by atoms with van der Waals surface area (Å²) in [5, 5.41) is 5.44. The predicted octanol–water partition coefficient (Wildman–Crippen LogP) is 3.64. The van der Waals surface area contributed by atoms with Gasteiger partial charge in [0.2, 0.25) is 0 Å². The Morgan fingerprint density at radius 3 is 3.00 bits per heavy atom. The topological polar surface area (TPSA) is 56.1 Å². The average Bonchev–Trinajstić information content (AvgIpc) is 3.28. The Labute approximate surface area is 143 Å². The van der Waals surface area contributed by atoms with Crippen LogP contribution in [0.3, 0.4) is 0 Å². The number of nitrogens with zero attached hydrogens (tertiary/aromatic N) is 2. The van der Waals surface area contributed by atoms with Gasteiger partial charge in [0.05, 0.1) is 12.3 Å². The van der Waals surface area contributed by atoms with E-state index in [4.69, 9.17) is 4.74 Å². The Kier molecular flexibility index (Phi) is 3.61. The molecular weight excluding hydrogens is 322 g/mol. The summed E-state index contributed by atoms with van der Waals surface area (Å²) in [6.45, 7) is 2.71. The number of amides is 1. The summed E-state index contributed by atoms with van der Waals surface area (Å²) < 4.78 is 7.40. The molecule has 0 saturated heterocycles. The molecule has 1 N–H and O–H groups in total. The van der Waals surface area contributed by atoms with Gasteiger partial charge in [-0.3, -0.25) is 10.1 Å². The summed E-state index contributed by atoms with van der Waals surface area (Å²) in [5.41, 5.74) is 4.79. The van der Waals surface area contributed by atoms with Crippen LogP contribution in [0.15, 0.2) is 35.7 Å². The third-order valence-corrected chi connectivity index (χ3v) is 5.07. The van der Waals surface area contributed by atoms with Crippen LogP contribution in [0.2, 0.25) is 0 Å². The van der Waals surface area contributed by atoms with E-state index in [0.717, 1.165) is 35.7 Å². The van der Waals surface area contributed by atoms with Crippen LogP contribution in [0.5, 0.6) is 5.75 Å². The number of hydrogen-bond acceptors (Lipinski definition) is 4. The number of ether oxygens (including phenoxy) is 1. The second-order valence-electron chi connectivity index (χ2n) is 5.83. The van der Waals surface area contributed by atoms with Crippen molar-refractivity contribution >= 4 is 22.4 Å². The van der Waals surface area contributed by atoms with Gasteiger partial charge in [-0.25, -0.2) is 4.98 Å². The molecule has 24 heavy (non-hydrogen) atoms. The number of anilines is 1. The molecule has 0 radical (unpaired) electrons. The molecule has 5 nitrogen and oxygen atoms in total. The van der Waals surface area contributed by atoms with Crippen LogP contribution in [0.25, 0.3) is 11.3 Å². The van der Waals surface area contributed by atoms with Gasteiger partial charge in [0.1, 0.15) is 11.4 Å². The second-order valence-corrected chi connectivity index (χ2v) is 6.69. The number of benzene rings is 1. The molecule has 0 fully saturated rings. The largest absolute Gasteiger partial charge is 0.493 e. The van der Waals surface area contributed by atoms with Gasteiger partial charge in [0.15, 0.2) is 5.13 Å². The highest BCUT2D eigenvalue weighted by Crippen LogP contribution is 2.32. The van der Waals surface area contributed by atoms with Gasteiger partial charge in [-0.15, -0.1) is 11.3 Å². The monoisotopic (exact) mass is 339 g/mol. The first-order valence-corrected chi connectivity index (χ1v) is 8.65. The zero-order valence-corrected chi connectivity index (χ0v) is 14.3. The second kappa shape index (κ2) is 5.79. The molecule has 3 heterocycles. The minimum Gasteiger partial charge on any atom is -0.493 e. The van der Waals surface area contributed by atoms with Gasteiger partial charge in [-0.05, 0) is 42.8 Å². The zero-order chi connectivity index (χ0) is 16.7. The van der Waals surface area contributed by atoms with Crippen molar-refractivity contribution in [2.45, 2.75) is 13.3 Å². The Bertz CT molecular complexity index is 926. The lowest BCUT2D eigenvalue weighted by Gasteiger charge is -2.04. The molecular formula is C18H17N3O2S. The molecule has 6 heteroatoms. The summed E-state index contributed by atoms with van der Waals surface area (Å²) in [5.74, 6) is 0.815. The minimum absolute atomic E-state index is 0.145. The Morgan fingerprint density at radius 1 is 1.33 bits per heavy atom. The molecule has 1 aromatic carbocycles. The maximum absolute atomic E-state index is 12.4. The molecule has 0 aliphatic carbocycles. The SMILES string of the molecule is Cc1ccc(C(=O)Nc2nc(-c3ccc4c(c3)CCO4)cs2)n1C. The van der Waals surface area contributed by atoms with Gasteiger partial charge < -0.3 is 9.30 Å². The molecule has 2 aromatic heterocycles. The molecule has 3 aromatic rings. The zero-order valence-electron chi connectivity index (χ0n) is 13.5. The number of nitrogens with one attached hydrogen (secondary N) is 1. The van der Waals surface area contributed by atoms with E-state index in [-0.39, 0.29) is 5.91 Å². The van der Waals surface area contributed by atoms with Crippen LogP contribution < -0.4 is 10.1 Å². The van der Waals surface area contributed by atoms with E-state index in [2.05, 4.69) is 16.4 Å². The number of aryl methyl sites for hydroxylation is 1. The first kappa shape index (κ1) is 15.0. The Hall–Kier alpha value is -2.60. The molecule has 1 aliphatic heterocycles. The maximum atomic E-state index is 12.4. The molecule has 122 valence electrons. The summed E-state index contributed by atoms with van der Waals surface area (Å²) >= 11 is 1.43. The Balaban J connectivity index is 1.55. The third-order valence-electron chi connectivity index (χ3n) is 4.32. The van der Waals surface area contributed by atoms with Gasteiger partial charge in [-0.1, -0.05) is 0 Å². The van der Waals surface area contributed by atoms with Gasteiger partial charge in [0, 0.05) is 30.1 Å². The molecule has 0 bridgehead atoms. The molecule has 1 amide bonds. The van der Waals surface area contributed by atoms with Crippen molar-refractivity contribution in [3.8, 4) is 17.0 Å². The highest BCUT2D eigenvalue weighted by Gasteiger charge is 2.16. The van der Waals surface area contributed by atoms with E-state index < -0.39 is 0 Å². The number of aromatic nitrogens is 2. The summed E-state index contributed by atoms with van der Waals surface area (Å²) in [6.07, 6.45) is 0.934. The van der Waals surface area contributed by atoms with Crippen LogP contribution in [0, 0.1) is 6.92 Å². The van der Waals surface area contributed by atoms with Crippen molar-refractivity contribution in [3.63, 3.8) is 0 Å². The van der Waals surface area contributed by atoms with E-state index in [1.165, 1.54) is 16.9 Å². The quantitative estimate of drug-likeness (QED) is 0.792. The maximum Gasteiger partial charge on any atom is 0.274 e. The fourth-order valence-electron chi connectivity index (χ4n) is 2.81. The lowest BCUT2D eigenvalue weighted by atomic mass is 10.1. The highest BCUT2D eigenvalue weighted by atomic mass is 32.1. The fraction of sp³-hybridized carbons (Fsp3) is 0.222. The van der Waals surface area contributed by atoms with Gasteiger partial charge >= 0.3 is 0 Å². The summed E-state index contributed by atoms with van der Waals surface area (Å²) in [4.78, 5) is 16.9. The number of rotatable bonds is 3. The van der Waals surface area contributed by atoms with Crippen molar-refractivity contribution in [2.24, 2.45) is 7.05 Å². The highest BCUT2D eigenvalue weighted by molar-refractivity contribution is 7.14. The fourth-order valence-corrected chi connectivity index (χ4v) is 3.53. The number of carbonyl (C=O) groups is 1. The number of carbonyl (C=O) groups excluding carboxylic acids is 1. The van der Waals surface area contributed by atoms with Crippen LogP contribution in [0.1, 0.15) is 21.7 Å². The lowest BCUT2D eigenvalue weighted by molar-refractivity contribution is 0.101. The first-order chi connectivity index (χ1) is 11.6. The average molecular weight is 339 g/mol. The van der Waals surface area contributed by atoms with Crippen molar-refractivity contribution in [1.29, 1.82) is 0 Å². The van der Waals surface area contributed by atoms with E-state index >= 15 is 0 Å². The van der Waals surface area contributed by atoms with E-state index in [9.17, 15) is 4.79 Å². The molecule has 1 aliphatic rings. The molecule has 0 spiro atoms. The number of hydrogen-bond donors (Lipinski definition) is 1. The van der Waals surface area contributed by atoms with Crippen LogP contribution >= 0.6 is 11.3 Å². The van der Waals surface area contributed by atoms with Crippen molar-refractivity contribution < 1.29 is 9.53 Å². The summed E-state index contributed by atoms with van der Waals surface area (Å²) in [7, 11) is 1.88. The Morgan fingerprint density at radius 2 is 2.21 bits per heavy atom. The lowest BCUT2D eigenvalue weighted by Crippen LogP contribution is -2.15. The number of thiazole rings is 1. The first-order valence-electron chi connectivity index (χ1n) is 7.77. The van der Waals surface area contributed by atoms with Gasteiger partial charge in [-0.2, -0.15) is 0 Å². The van der Waals surface area contributed by atoms with Crippen molar-refractivity contribution in [3.05, 3.63) is 52.7 Å². The van der Waals surface area contributed by atoms with E-state index in [0.29, 0.717) is 10.8 Å². The molecule has 0 saturated carbocycles. The standard InChI is InChI=1S/C18H17N3O2S/c1-11-3-5-15(21(11)2)17(22)20-18-19-14(10-24-18)12-4-6-16-13(9-12)7-8-23-16/h3-6,9-10H,7-8H2,1-2H3,(H,19,20,22). The molecule has 0 unspecified atom stereocenters. The third kappa shape index (κ3) is 2.59.